The van der Waals surface area contributed by atoms with Crippen LogP contribution in [0.5, 0.6) is 0 Å². The van der Waals surface area contributed by atoms with Crippen molar-refractivity contribution < 1.29 is 0 Å². The van der Waals surface area contributed by atoms with Crippen molar-refractivity contribution >= 4 is 11.3 Å². The SMILES string of the molecule is Cc1ccsc1C(NN)C1CCCC1. The third kappa shape index (κ3) is 1.85. The largest absolute Gasteiger partial charge is 0.271 e. The number of nitrogens with two attached hydrogens (primary N) is 1. The van der Waals surface area contributed by atoms with Gasteiger partial charge in [-0.15, -0.1) is 11.3 Å². The number of hydrazine groups is 1. The van der Waals surface area contributed by atoms with Gasteiger partial charge in [-0.2, -0.15) is 0 Å². The summed E-state index contributed by atoms with van der Waals surface area (Å²) in [5.41, 5.74) is 4.38. The second-order valence-electron chi connectivity index (χ2n) is 4.16. The lowest BCUT2D eigenvalue weighted by Crippen LogP contribution is -2.32. The molecule has 1 aromatic heterocycles. The van der Waals surface area contributed by atoms with E-state index in [2.05, 4.69) is 23.8 Å². The van der Waals surface area contributed by atoms with Gasteiger partial charge in [0.15, 0.2) is 0 Å². The van der Waals surface area contributed by atoms with Crippen LogP contribution in [0.15, 0.2) is 11.4 Å². The van der Waals surface area contributed by atoms with Crippen molar-refractivity contribution in [3.63, 3.8) is 0 Å². The number of nitrogens with one attached hydrogen (secondary N) is 1. The van der Waals surface area contributed by atoms with Crippen LogP contribution in [0.1, 0.15) is 42.2 Å². The van der Waals surface area contributed by atoms with Crippen molar-refractivity contribution in [2.45, 2.75) is 38.6 Å². The van der Waals surface area contributed by atoms with Gasteiger partial charge in [0.1, 0.15) is 0 Å². The summed E-state index contributed by atoms with van der Waals surface area (Å²) in [5, 5.41) is 2.16. The van der Waals surface area contributed by atoms with Crippen molar-refractivity contribution in [2.75, 3.05) is 0 Å². The molecular weight excluding hydrogens is 192 g/mol. The van der Waals surface area contributed by atoms with Crippen LogP contribution in [0.2, 0.25) is 0 Å². The zero-order chi connectivity index (χ0) is 9.97. The molecule has 0 spiro atoms. The number of hydrogen-bond donors (Lipinski definition) is 2. The van der Waals surface area contributed by atoms with E-state index in [0.717, 1.165) is 5.92 Å². The Morgan fingerprint density at radius 1 is 1.50 bits per heavy atom. The molecule has 1 aliphatic rings. The summed E-state index contributed by atoms with van der Waals surface area (Å²) < 4.78 is 0. The highest BCUT2D eigenvalue weighted by molar-refractivity contribution is 7.10. The summed E-state index contributed by atoms with van der Waals surface area (Å²) >= 11 is 1.83. The summed E-state index contributed by atoms with van der Waals surface area (Å²) in [6, 6.07) is 2.57. The van der Waals surface area contributed by atoms with Crippen LogP contribution < -0.4 is 11.3 Å². The van der Waals surface area contributed by atoms with Crippen LogP contribution in [0.25, 0.3) is 0 Å². The van der Waals surface area contributed by atoms with Crippen LogP contribution in [-0.4, -0.2) is 0 Å². The standard InChI is InChI=1S/C11H18N2S/c1-8-6-7-14-11(8)10(13-12)9-4-2-3-5-9/h6-7,9-10,13H,2-5,12H2,1H3. The Morgan fingerprint density at radius 3 is 2.71 bits per heavy atom. The number of rotatable bonds is 3. The van der Waals surface area contributed by atoms with Gasteiger partial charge in [0, 0.05) is 4.88 Å². The summed E-state index contributed by atoms with van der Waals surface area (Å²) in [6.07, 6.45) is 5.39. The molecule has 0 bridgehead atoms. The van der Waals surface area contributed by atoms with Crippen LogP contribution in [0, 0.1) is 12.8 Å². The first kappa shape index (κ1) is 10.1. The van der Waals surface area contributed by atoms with E-state index in [1.165, 1.54) is 36.1 Å². The van der Waals surface area contributed by atoms with Gasteiger partial charge in [-0.3, -0.25) is 11.3 Å². The Bertz CT molecular complexity index is 289. The maximum atomic E-state index is 5.67. The fourth-order valence-corrected chi connectivity index (χ4v) is 3.50. The molecule has 3 heteroatoms. The molecule has 3 N–H and O–H groups in total. The lowest BCUT2D eigenvalue weighted by molar-refractivity contribution is 0.377. The lowest BCUT2D eigenvalue weighted by Gasteiger charge is -2.22. The number of thiophene rings is 1. The highest BCUT2D eigenvalue weighted by Gasteiger charge is 2.26. The van der Waals surface area contributed by atoms with E-state index in [1.54, 1.807) is 0 Å². The van der Waals surface area contributed by atoms with E-state index >= 15 is 0 Å². The normalized spacial score (nSPS) is 20.1. The third-order valence-corrected chi connectivity index (χ3v) is 4.34. The van der Waals surface area contributed by atoms with Crippen LogP contribution >= 0.6 is 11.3 Å². The number of hydrogen-bond acceptors (Lipinski definition) is 3. The molecule has 0 aromatic carbocycles. The van der Waals surface area contributed by atoms with E-state index < -0.39 is 0 Å². The molecule has 1 atom stereocenters. The van der Waals surface area contributed by atoms with Gasteiger partial charge in [-0.1, -0.05) is 12.8 Å². The zero-order valence-corrected chi connectivity index (χ0v) is 9.44. The average Bonchev–Trinajstić information content (AvgIpc) is 2.80. The van der Waals surface area contributed by atoms with Gasteiger partial charge in [0.25, 0.3) is 0 Å². The molecule has 1 fully saturated rings. The predicted molar refractivity (Wildman–Crippen MR) is 61.1 cm³/mol. The maximum absolute atomic E-state index is 5.67. The van der Waals surface area contributed by atoms with E-state index in [-0.39, 0.29) is 0 Å². The molecule has 2 rings (SSSR count). The van der Waals surface area contributed by atoms with Gasteiger partial charge in [-0.05, 0) is 42.7 Å². The topological polar surface area (TPSA) is 38.0 Å². The summed E-state index contributed by atoms with van der Waals surface area (Å²) in [6.45, 7) is 2.17. The molecular formula is C11H18N2S. The second-order valence-corrected chi connectivity index (χ2v) is 5.10. The molecule has 1 aromatic rings. The predicted octanol–water partition coefficient (Wildman–Crippen LogP) is 2.75. The molecule has 1 heterocycles. The van der Waals surface area contributed by atoms with Gasteiger partial charge in [-0.25, -0.2) is 0 Å². The van der Waals surface area contributed by atoms with Crippen molar-refractivity contribution in [1.29, 1.82) is 0 Å². The zero-order valence-electron chi connectivity index (χ0n) is 8.62. The highest BCUT2D eigenvalue weighted by atomic mass is 32.1. The van der Waals surface area contributed by atoms with Crippen molar-refractivity contribution in [2.24, 2.45) is 11.8 Å². The molecule has 0 aliphatic heterocycles. The molecule has 0 saturated heterocycles. The van der Waals surface area contributed by atoms with Gasteiger partial charge >= 0.3 is 0 Å². The Balaban J connectivity index is 2.16. The van der Waals surface area contributed by atoms with Gasteiger partial charge < -0.3 is 0 Å². The number of aryl methyl sites for hydroxylation is 1. The first-order valence-corrected chi connectivity index (χ1v) is 6.21. The van der Waals surface area contributed by atoms with E-state index in [9.17, 15) is 0 Å². The Labute approximate surface area is 89.5 Å². The van der Waals surface area contributed by atoms with E-state index in [0.29, 0.717) is 6.04 Å². The summed E-state index contributed by atoms with van der Waals surface area (Å²) in [7, 11) is 0. The van der Waals surface area contributed by atoms with E-state index in [1.807, 2.05) is 11.3 Å². The molecule has 1 aliphatic carbocycles. The smallest absolute Gasteiger partial charge is 0.0584 e. The molecule has 78 valence electrons. The fourth-order valence-electron chi connectivity index (χ4n) is 2.42. The van der Waals surface area contributed by atoms with Crippen molar-refractivity contribution in [3.05, 3.63) is 21.9 Å². The Kier molecular flexibility index (Phi) is 3.21. The monoisotopic (exact) mass is 210 g/mol. The van der Waals surface area contributed by atoms with Crippen molar-refractivity contribution in [3.8, 4) is 0 Å². The minimum absolute atomic E-state index is 0.387. The molecule has 0 radical (unpaired) electrons. The molecule has 1 unspecified atom stereocenters. The minimum Gasteiger partial charge on any atom is -0.271 e. The Hall–Kier alpha value is -0.380. The molecule has 2 nitrogen and oxygen atoms in total. The van der Waals surface area contributed by atoms with E-state index in [4.69, 9.17) is 5.84 Å². The van der Waals surface area contributed by atoms with Crippen LogP contribution in [-0.2, 0) is 0 Å². The minimum atomic E-state index is 0.387. The average molecular weight is 210 g/mol. The first-order chi connectivity index (χ1) is 6.83. The van der Waals surface area contributed by atoms with Crippen LogP contribution in [0.4, 0.5) is 0 Å². The molecule has 14 heavy (non-hydrogen) atoms. The van der Waals surface area contributed by atoms with Crippen LogP contribution in [0.3, 0.4) is 0 Å². The highest BCUT2D eigenvalue weighted by Crippen LogP contribution is 2.38. The third-order valence-electron chi connectivity index (χ3n) is 3.23. The Morgan fingerprint density at radius 2 is 2.21 bits per heavy atom. The first-order valence-electron chi connectivity index (χ1n) is 5.33. The van der Waals surface area contributed by atoms with Gasteiger partial charge in [0.2, 0.25) is 0 Å². The lowest BCUT2D eigenvalue weighted by atomic mass is 9.96. The summed E-state index contributed by atoms with van der Waals surface area (Å²) in [4.78, 5) is 1.43. The maximum Gasteiger partial charge on any atom is 0.0584 e. The molecule has 1 saturated carbocycles. The van der Waals surface area contributed by atoms with Crippen molar-refractivity contribution in [1.82, 2.24) is 5.43 Å². The van der Waals surface area contributed by atoms with Gasteiger partial charge in [0.05, 0.1) is 6.04 Å². The molecule has 0 amide bonds. The second kappa shape index (κ2) is 4.43. The fraction of sp³-hybridized carbons (Fsp3) is 0.636. The quantitative estimate of drug-likeness (QED) is 0.594. The summed E-state index contributed by atoms with van der Waals surface area (Å²) in [5.74, 6) is 6.42.